The van der Waals surface area contributed by atoms with Crippen molar-refractivity contribution in [3.05, 3.63) is 26.6 Å². The monoisotopic (exact) mass is 202 g/mol. The maximum Gasteiger partial charge on any atom is 0.281 e. The van der Waals surface area contributed by atoms with Crippen molar-refractivity contribution in [3.8, 4) is 0 Å². The number of hydrogen-bond donors (Lipinski definition) is 0. The van der Waals surface area contributed by atoms with E-state index in [4.69, 9.17) is 0 Å². The first-order chi connectivity index (χ1) is 4.63. The molecule has 0 saturated heterocycles. The van der Waals surface area contributed by atoms with E-state index in [0.29, 0.717) is 4.47 Å². The van der Waals surface area contributed by atoms with Crippen molar-refractivity contribution < 1.29 is 0 Å². The lowest BCUT2D eigenvalue weighted by Gasteiger charge is -1.97. The Kier molecular flexibility index (Phi) is 1.89. The molecule has 0 unspecified atom stereocenters. The first-order valence-electron chi connectivity index (χ1n) is 2.81. The van der Waals surface area contributed by atoms with Gasteiger partial charge in [0.1, 0.15) is 0 Å². The van der Waals surface area contributed by atoms with Gasteiger partial charge < -0.3 is 0 Å². The summed E-state index contributed by atoms with van der Waals surface area (Å²) in [6.07, 6.45) is 1.64. The van der Waals surface area contributed by atoms with Gasteiger partial charge in [0.15, 0.2) is 0 Å². The highest BCUT2D eigenvalue weighted by atomic mass is 79.9. The second-order valence-electron chi connectivity index (χ2n) is 2.07. The lowest BCUT2D eigenvalue weighted by atomic mass is 10.4. The Morgan fingerprint density at radius 3 is 2.80 bits per heavy atom. The number of halogens is 1. The van der Waals surface area contributed by atoms with E-state index in [1.54, 1.807) is 13.2 Å². The molecule has 0 spiro atoms. The van der Waals surface area contributed by atoms with Crippen LogP contribution in [0.25, 0.3) is 0 Å². The Hall–Kier alpha value is -0.640. The van der Waals surface area contributed by atoms with E-state index in [1.165, 1.54) is 4.68 Å². The Bertz CT molecular complexity index is 305. The molecule has 0 fully saturated rings. The van der Waals surface area contributed by atoms with Crippen LogP contribution in [0.3, 0.4) is 0 Å². The Morgan fingerprint density at radius 2 is 2.30 bits per heavy atom. The zero-order chi connectivity index (χ0) is 7.72. The van der Waals surface area contributed by atoms with E-state index in [2.05, 4.69) is 21.0 Å². The highest BCUT2D eigenvalue weighted by Gasteiger charge is 2.00. The second kappa shape index (κ2) is 2.54. The summed E-state index contributed by atoms with van der Waals surface area (Å²) in [5.74, 6) is 0. The topological polar surface area (TPSA) is 34.9 Å². The van der Waals surface area contributed by atoms with Crippen LogP contribution in [0.5, 0.6) is 0 Å². The highest BCUT2D eigenvalue weighted by molar-refractivity contribution is 9.10. The van der Waals surface area contributed by atoms with Crippen LogP contribution in [-0.4, -0.2) is 9.78 Å². The van der Waals surface area contributed by atoms with Crippen molar-refractivity contribution in [1.29, 1.82) is 0 Å². The first kappa shape index (κ1) is 7.47. The molecule has 1 aromatic heterocycles. The van der Waals surface area contributed by atoms with Gasteiger partial charge in [0.2, 0.25) is 0 Å². The van der Waals surface area contributed by atoms with E-state index >= 15 is 0 Å². The molecule has 0 saturated carbocycles. The lowest BCUT2D eigenvalue weighted by Crippen LogP contribution is -2.20. The van der Waals surface area contributed by atoms with Crippen molar-refractivity contribution in [2.45, 2.75) is 6.92 Å². The summed E-state index contributed by atoms with van der Waals surface area (Å²) < 4.78 is 1.88. The van der Waals surface area contributed by atoms with Crippen LogP contribution in [-0.2, 0) is 7.05 Å². The predicted molar refractivity (Wildman–Crippen MR) is 41.9 cm³/mol. The summed E-state index contributed by atoms with van der Waals surface area (Å²) in [5, 5.41) is 3.81. The van der Waals surface area contributed by atoms with Gasteiger partial charge in [-0.1, -0.05) is 0 Å². The number of hydrogen-bond acceptors (Lipinski definition) is 2. The van der Waals surface area contributed by atoms with Gasteiger partial charge in [0.05, 0.1) is 10.7 Å². The molecule has 0 aliphatic rings. The number of rotatable bonds is 0. The van der Waals surface area contributed by atoms with Crippen LogP contribution in [0.1, 0.15) is 5.56 Å². The van der Waals surface area contributed by atoms with Gasteiger partial charge in [-0.15, -0.1) is 0 Å². The fourth-order valence-electron chi connectivity index (χ4n) is 0.593. The van der Waals surface area contributed by atoms with Gasteiger partial charge in [-0.25, -0.2) is 4.68 Å². The van der Waals surface area contributed by atoms with Gasteiger partial charge in [-0.05, 0) is 28.4 Å². The molecule has 1 rings (SSSR count). The van der Waals surface area contributed by atoms with Crippen LogP contribution in [0.4, 0.5) is 0 Å². The normalized spacial score (nSPS) is 9.90. The van der Waals surface area contributed by atoms with E-state index < -0.39 is 0 Å². The Balaban J connectivity index is 3.50. The van der Waals surface area contributed by atoms with Crippen molar-refractivity contribution in [3.63, 3.8) is 0 Å². The van der Waals surface area contributed by atoms with Crippen molar-refractivity contribution in [2.75, 3.05) is 0 Å². The zero-order valence-electron chi connectivity index (χ0n) is 5.76. The molecular weight excluding hydrogens is 196 g/mol. The van der Waals surface area contributed by atoms with Gasteiger partial charge in [-0.3, -0.25) is 4.79 Å². The third-order valence-corrected chi connectivity index (χ3v) is 2.22. The fraction of sp³-hybridized carbons (Fsp3) is 0.333. The molecule has 1 heterocycles. The van der Waals surface area contributed by atoms with Gasteiger partial charge in [0, 0.05) is 7.05 Å². The molecule has 4 heteroatoms. The molecule has 3 nitrogen and oxygen atoms in total. The largest absolute Gasteiger partial charge is 0.281 e. The minimum absolute atomic E-state index is 0.0972. The maximum absolute atomic E-state index is 11.0. The number of aromatic nitrogens is 2. The van der Waals surface area contributed by atoms with Crippen LogP contribution in [0, 0.1) is 6.92 Å². The first-order valence-corrected chi connectivity index (χ1v) is 3.60. The van der Waals surface area contributed by atoms with Gasteiger partial charge in [0.25, 0.3) is 5.56 Å². The smallest absolute Gasteiger partial charge is 0.267 e. The van der Waals surface area contributed by atoms with Crippen LogP contribution >= 0.6 is 15.9 Å². The van der Waals surface area contributed by atoms with E-state index in [9.17, 15) is 4.79 Å². The summed E-state index contributed by atoms with van der Waals surface area (Å²) in [6.45, 7) is 1.83. The average molecular weight is 203 g/mol. The quantitative estimate of drug-likeness (QED) is 0.626. The SMILES string of the molecule is Cc1cnn(C)c(=O)c1Br. The minimum Gasteiger partial charge on any atom is -0.267 e. The molecule has 10 heavy (non-hydrogen) atoms. The molecule has 0 amide bonds. The standard InChI is InChI=1S/C6H7BrN2O/c1-4-3-8-9(2)6(10)5(4)7/h3H,1-2H3. The van der Waals surface area contributed by atoms with Crippen LogP contribution in [0.2, 0.25) is 0 Å². The fourth-order valence-corrected chi connectivity index (χ4v) is 0.952. The van der Waals surface area contributed by atoms with Gasteiger partial charge >= 0.3 is 0 Å². The number of nitrogens with zero attached hydrogens (tertiary/aromatic N) is 2. The third-order valence-electron chi connectivity index (χ3n) is 1.25. The molecule has 0 N–H and O–H groups in total. The van der Waals surface area contributed by atoms with E-state index in [0.717, 1.165) is 5.56 Å². The molecule has 0 radical (unpaired) electrons. The zero-order valence-corrected chi connectivity index (χ0v) is 7.34. The van der Waals surface area contributed by atoms with Crippen molar-refractivity contribution in [2.24, 2.45) is 7.05 Å². The second-order valence-corrected chi connectivity index (χ2v) is 2.86. The summed E-state index contributed by atoms with van der Waals surface area (Å²) in [6, 6.07) is 0. The maximum atomic E-state index is 11.0. The summed E-state index contributed by atoms with van der Waals surface area (Å²) in [7, 11) is 1.62. The Labute approximate surface area is 66.8 Å². The summed E-state index contributed by atoms with van der Waals surface area (Å²) >= 11 is 3.16. The molecule has 1 aromatic rings. The minimum atomic E-state index is -0.0972. The Morgan fingerprint density at radius 1 is 1.70 bits per heavy atom. The molecule has 54 valence electrons. The molecule has 0 aliphatic carbocycles. The molecule has 0 atom stereocenters. The van der Waals surface area contributed by atoms with Crippen molar-refractivity contribution >= 4 is 15.9 Å². The highest BCUT2D eigenvalue weighted by Crippen LogP contribution is 2.06. The molecular formula is C6H7BrN2O. The average Bonchev–Trinajstić information content (AvgIpc) is 1.93. The van der Waals surface area contributed by atoms with Gasteiger partial charge in [-0.2, -0.15) is 5.10 Å². The molecule has 0 aliphatic heterocycles. The van der Waals surface area contributed by atoms with E-state index in [1.807, 2.05) is 6.92 Å². The predicted octanol–water partition coefficient (Wildman–Crippen LogP) is 0.851. The summed E-state index contributed by atoms with van der Waals surface area (Å²) in [4.78, 5) is 11.0. The summed E-state index contributed by atoms with van der Waals surface area (Å²) in [5.41, 5.74) is 0.767. The van der Waals surface area contributed by atoms with Crippen molar-refractivity contribution in [1.82, 2.24) is 9.78 Å². The molecule has 0 bridgehead atoms. The lowest BCUT2D eigenvalue weighted by molar-refractivity contribution is 0.698. The van der Waals surface area contributed by atoms with Crippen LogP contribution in [0.15, 0.2) is 15.5 Å². The van der Waals surface area contributed by atoms with E-state index in [-0.39, 0.29) is 5.56 Å². The third kappa shape index (κ3) is 1.11. The van der Waals surface area contributed by atoms with Crippen LogP contribution < -0.4 is 5.56 Å². The number of aryl methyl sites for hydroxylation is 2. The molecule has 0 aromatic carbocycles.